The molecule has 0 fully saturated rings. The van der Waals surface area contributed by atoms with E-state index >= 15 is 0 Å². The Kier molecular flexibility index (Phi) is 5.39. The molecule has 0 bridgehead atoms. The van der Waals surface area contributed by atoms with Gasteiger partial charge in [-0.05, 0) is 36.7 Å². The van der Waals surface area contributed by atoms with Crippen molar-refractivity contribution in [2.75, 3.05) is 11.1 Å². The van der Waals surface area contributed by atoms with Crippen LogP contribution in [0.15, 0.2) is 30.5 Å². The number of nitrogens with two attached hydrogens (primary N) is 1. The molecular weight excluding hydrogens is 248 g/mol. The summed E-state index contributed by atoms with van der Waals surface area (Å²) in [7, 11) is 0. The molecule has 0 saturated heterocycles. The predicted molar refractivity (Wildman–Crippen MR) is 77.3 cm³/mol. The van der Waals surface area contributed by atoms with E-state index in [0.29, 0.717) is 11.5 Å². The van der Waals surface area contributed by atoms with Gasteiger partial charge in [0.25, 0.3) is 0 Å². The molecule has 0 spiro atoms. The number of anilines is 3. The second kappa shape index (κ2) is 6.81. The molecule has 18 heavy (non-hydrogen) atoms. The SMILES string of the molecule is CC.Cc1cnc(Cl)nc1Nc1cccc(N)c1. The maximum Gasteiger partial charge on any atom is 0.224 e. The zero-order valence-corrected chi connectivity index (χ0v) is 11.5. The first-order valence-electron chi connectivity index (χ1n) is 5.77. The maximum absolute atomic E-state index is 5.73. The topological polar surface area (TPSA) is 63.8 Å². The van der Waals surface area contributed by atoms with Crippen LogP contribution in [-0.4, -0.2) is 9.97 Å². The molecule has 5 heteroatoms. The minimum Gasteiger partial charge on any atom is -0.399 e. The van der Waals surface area contributed by atoms with Crippen molar-refractivity contribution in [3.05, 3.63) is 41.3 Å². The van der Waals surface area contributed by atoms with Crippen molar-refractivity contribution in [1.29, 1.82) is 0 Å². The van der Waals surface area contributed by atoms with Crippen molar-refractivity contribution in [3.8, 4) is 0 Å². The summed E-state index contributed by atoms with van der Waals surface area (Å²) in [6.45, 7) is 5.91. The summed E-state index contributed by atoms with van der Waals surface area (Å²) in [5.74, 6) is 0.686. The van der Waals surface area contributed by atoms with Gasteiger partial charge >= 0.3 is 0 Å². The molecule has 1 heterocycles. The van der Waals surface area contributed by atoms with Crippen molar-refractivity contribution < 1.29 is 0 Å². The van der Waals surface area contributed by atoms with Gasteiger partial charge in [0.05, 0.1) is 0 Å². The van der Waals surface area contributed by atoms with E-state index in [4.69, 9.17) is 17.3 Å². The Balaban J connectivity index is 0.000000771. The monoisotopic (exact) mass is 264 g/mol. The lowest BCUT2D eigenvalue weighted by Gasteiger charge is -2.08. The summed E-state index contributed by atoms with van der Waals surface area (Å²) < 4.78 is 0. The van der Waals surface area contributed by atoms with Crippen LogP contribution in [0.5, 0.6) is 0 Å². The van der Waals surface area contributed by atoms with E-state index in [1.165, 1.54) is 0 Å². The molecule has 0 amide bonds. The van der Waals surface area contributed by atoms with Crippen LogP contribution in [0.4, 0.5) is 17.2 Å². The number of hydrogen-bond acceptors (Lipinski definition) is 4. The maximum atomic E-state index is 5.73. The van der Waals surface area contributed by atoms with Gasteiger partial charge in [0.2, 0.25) is 5.28 Å². The second-order valence-corrected chi connectivity index (χ2v) is 3.76. The van der Waals surface area contributed by atoms with Gasteiger partial charge in [-0.15, -0.1) is 0 Å². The number of halogens is 1. The van der Waals surface area contributed by atoms with Gasteiger partial charge in [-0.25, -0.2) is 9.97 Å². The average Bonchev–Trinajstić information content (AvgIpc) is 2.36. The highest BCUT2D eigenvalue weighted by molar-refractivity contribution is 6.28. The predicted octanol–water partition coefficient (Wildman–Crippen LogP) is 3.79. The highest BCUT2D eigenvalue weighted by atomic mass is 35.5. The third-order valence-corrected chi connectivity index (χ3v) is 2.27. The summed E-state index contributed by atoms with van der Waals surface area (Å²) in [6.07, 6.45) is 1.67. The highest BCUT2D eigenvalue weighted by Crippen LogP contribution is 2.20. The van der Waals surface area contributed by atoms with Crippen LogP contribution in [0.25, 0.3) is 0 Å². The number of aromatic nitrogens is 2. The number of nitrogen functional groups attached to an aromatic ring is 1. The third-order valence-electron chi connectivity index (χ3n) is 2.09. The highest BCUT2D eigenvalue weighted by Gasteiger charge is 2.02. The lowest BCUT2D eigenvalue weighted by atomic mass is 10.2. The second-order valence-electron chi connectivity index (χ2n) is 3.42. The minimum atomic E-state index is 0.219. The van der Waals surface area contributed by atoms with E-state index in [1.807, 2.05) is 45.0 Å². The Morgan fingerprint density at radius 2 is 2.00 bits per heavy atom. The fraction of sp³-hybridized carbons (Fsp3) is 0.231. The number of aryl methyl sites for hydroxylation is 1. The molecule has 0 aliphatic carbocycles. The van der Waals surface area contributed by atoms with Gasteiger partial charge in [0.1, 0.15) is 5.82 Å². The van der Waals surface area contributed by atoms with E-state index in [1.54, 1.807) is 6.20 Å². The number of nitrogens with one attached hydrogen (secondary N) is 1. The Hall–Kier alpha value is -1.81. The molecule has 0 unspecified atom stereocenters. The number of nitrogens with zero attached hydrogens (tertiary/aromatic N) is 2. The first kappa shape index (κ1) is 14.3. The average molecular weight is 265 g/mol. The first-order chi connectivity index (χ1) is 8.65. The van der Waals surface area contributed by atoms with E-state index < -0.39 is 0 Å². The van der Waals surface area contributed by atoms with Crippen LogP contribution >= 0.6 is 11.6 Å². The number of benzene rings is 1. The third kappa shape index (κ3) is 3.89. The van der Waals surface area contributed by atoms with E-state index in [-0.39, 0.29) is 5.28 Å². The van der Waals surface area contributed by atoms with Gasteiger partial charge in [-0.2, -0.15) is 0 Å². The molecule has 0 saturated carbocycles. The molecule has 96 valence electrons. The Morgan fingerprint density at radius 3 is 2.67 bits per heavy atom. The Bertz CT molecular complexity index is 514. The van der Waals surface area contributed by atoms with Crippen LogP contribution < -0.4 is 11.1 Å². The van der Waals surface area contributed by atoms with Crippen LogP contribution in [-0.2, 0) is 0 Å². The van der Waals surface area contributed by atoms with Crippen molar-refractivity contribution in [2.24, 2.45) is 0 Å². The van der Waals surface area contributed by atoms with E-state index in [2.05, 4.69) is 15.3 Å². The lowest BCUT2D eigenvalue weighted by molar-refractivity contribution is 1.13. The van der Waals surface area contributed by atoms with Crippen LogP contribution in [0, 0.1) is 6.92 Å². The first-order valence-corrected chi connectivity index (χ1v) is 6.14. The normalized spacial score (nSPS) is 9.33. The molecule has 2 aromatic rings. The summed E-state index contributed by atoms with van der Waals surface area (Å²) in [5, 5.41) is 3.36. The fourth-order valence-corrected chi connectivity index (χ4v) is 1.43. The van der Waals surface area contributed by atoms with Gasteiger partial charge in [0.15, 0.2) is 0 Å². The van der Waals surface area contributed by atoms with Crippen LogP contribution in [0.3, 0.4) is 0 Å². The van der Waals surface area contributed by atoms with Gasteiger partial charge in [-0.1, -0.05) is 19.9 Å². The molecule has 3 N–H and O–H groups in total. The molecule has 0 radical (unpaired) electrons. The van der Waals surface area contributed by atoms with Crippen LogP contribution in [0.2, 0.25) is 5.28 Å². The largest absolute Gasteiger partial charge is 0.399 e. The minimum absolute atomic E-state index is 0.219. The molecule has 0 aliphatic heterocycles. The van der Waals surface area contributed by atoms with Gasteiger partial charge in [-0.3, -0.25) is 0 Å². The number of hydrogen-bond donors (Lipinski definition) is 2. The molecule has 0 aliphatic rings. The zero-order chi connectivity index (χ0) is 13.5. The number of rotatable bonds is 2. The molecule has 2 rings (SSSR count). The van der Waals surface area contributed by atoms with Gasteiger partial charge in [0, 0.05) is 23.1 Å². The quantitative estimate of drug-likeness (QED) is 0.640. The lowest BCUT2D eigenvalue weighted by Crippen LogP contribution is -1.98. The van der Waals surface area contributed by atoms with Crippen molar-refractivity contribution in [2.45, 2.75) is 20.8 Å². The van der Waals surface area contributed by atoms with Crippen molar-refractivity contribution in [1.82, 2.24) is 9.97 Å². The Morgan fingerprint density at radius 1 is 1.28 bits per heavy atom. The molecule has 0 atom stereocenters. The van der Waals surface area contributed by atoms with Crippen molar-refractivity contribution in [3.63, 3.8) is 0 Å². The zero-order valence-electron chi connectivity index (χ0n) is 10.7. The van der Waals surface area contributed by atoms with Crippen LogP contribution in [0.1, 0.15) is 19.4 Å². The van der Waals surface area contributed by atoms with Crippen molar-refractivity contribution >= 4 is 28.8 Å². The molecule has 4 nitrogen and oxygen atoms in total. The molecular formula is C13H17ClN4. The Labute approximate surface area is 112 Å². The summed E-state index contributed by atoms with van der Waals surface area (Å²) in [6, 6.07) is 7.43. The smallest absolute Gasteiger partial charge is 0.224 e. The summed E-state index contributed by atoms with van der Waals surface area (Å²) in [5.41, 5.74) is 8.17. The van der Waals surface area contributed by atoms with Gasteiger partial charge < -0.3 is 11.1 Å². The molecule has 1 aromatic heterocycles. The standard InChI is InChI=1S/C11H11ClN4.C2H6/c1-7-6-14-11(12)16-10(7)15-9-4-2-3-8(13)5-9;1-2/h2-6H,13H2,1H3,(H,14,15,16);1-2H3. The van der Waals surface area contributed by atoms with E-state index in [9.17, 15) is 0 Å². The molecule has 1 aromatic carbocycles. The summed E-state index contributed by atoms with van der Waals surface area (Å²) >= 11 is 5.73. The van der Waals surface area contributed by atoms with E-state index in [0.717, 1.165) is 11.3 Å². The summed E-state index contributed by atoms with van der Waals surface area (Å²) in [4.78, 5) is 7.99. The fourth-order valence-electron chi connectivity index (χ4n) is 1.30.